The molecule has 7 rings (SSSR count). The molecule has 0 spiro atoms. The van der Waals surface area contributed by atoms with Gasteiger partial charge in [-0.2, -0.15) is 0 Å². The van der Waals surface area contributed by atoms with Gasteiger partial charge in [-0.15, -0.1) is 0 Å². The molecule has 196 valence electrons. The molecule has 35 heavy (non-hydrogen) atoms. The Kier molecular flexibility index (Phi) is 7.18. The molecule has 0 aromatic carbocycles. The van der Waals surface area contributed by atoms with Gasteiger partial charge in [0.25, 0.3) is 0 Å². The zero-order valence-corrected chi connectivity index (χ0v) is 24.0. The molecule has 0 amide bonds. The molecule has 2 N–H and O–H groups in total. The van der Waals surface area contributed by atoms with Gasteiger partial charge in [0.2, 0.25) is 0 Å². The smallest absolute Gasteiger partial charge is 0.156 e. The van der Waals surface area contributed by atoms with Crippen molar-refractivity contribution in [1.82, 2.24) is 10.6 Å². The second kappa shape index (κ2) is 10.1. The van der Waals surface area contributed by atoms with Gasteiger partial charge in [-0.25, -0.2) is 0 Å². The van der Waals surface area contributed by atoms with Crippen LogP contribution in [0.3, 0.4) is 0 Å². The number of rotatable bonds is 8. The molecule has 5 atom stereocenters. The van der Waals surface area contributed by atoms with E-state index in [0.29, 0.717) is 5.54 Å². The Morgan fingerprint density at radius 1 is 0.800 bits per heavy atom. The second-order valence-electron chi connectivity index (χ2n) is 13.5. The van der Waals surface area contributed by atoms with Crippen molar-refractivity contribution in [3.63, 3.8) is 0 Å². The van der Waals surface area contributed by atoms with Crippen molar-refractivity contribution in [1.29, 1.82) is 0 Å². The van der Waals surface area contributed by atoms with Crippen LogP contribution < -0.4 is 10.6 Å². The summed E-state index contributed by atoms with van der Waals surface area (Å²) >= 11 is 3.65. The Morgan fingerprint density at radius 3 is 2.17 bits per heavy atom. The molecule has 0 aromatic heterocycles. The molecule has 7 fully saturated rings. The fourth-order valence-corrected chi connectivity index (χ4v) is 11.1. The van der Waals surface area contributed by atoms with Crippen molar-refractivity contribution in [2.45, 2.75) is 101 Å². The Labute approximate surface area is 222 Å². The van der Waals surface area contributed by atoms with E-state index in [0.717, 1.165) is 54.5 Å². The van der Waals surface area contributed by atoms with Crippen LogP contribution >= 0.6 is 23.5 Å². The summed E-state index contributed by atoms with van der Waals surface area (Å²) in [6.45, 7) is 4.48. The van der Waals surface area contributed by atoms with E-state index in [1.165, 1.54) is 93.8 Å². The quantitative estimate of drug-likeness (QED) is 0.218. The summed E-state index contributed by atoms with van der Waals surface area (Å²) < 4.78 is 0. The van der Waals surface area contributed by atoms with Crippen molar-refractivity contribution in [3.05, 3.63) is 0 Å². The molecule has 0 radical (unpaired) electrons. The molecule has 0 saturated heterocycles. The number of thioether (sulfide) groups is 2. The van der Waals surface area contributed by atoms with Crippen molar-refractivity contribution in [2.75, 3.05) is 25.6 Å². The zero-order valence-electron chi connectivity index (χ0n) is 22.4. The van der Waals surface area contributed by atoms with E-state index in [1.54, 1.807) is 0 Å². The van der Waals surface area contributed by atoms with Crippen LogP contribution in [0.5, 0.6) is 0 Å². The summed E-state index contributed by atoms with van der Waals surface area (Å²) in [5, 5.41) is 10.1. The lowest BCUT2D eigenvalue weighted by Gasteiger charge is -2.70. The third-order valence-corrected chi connectivity index (χ3v) is 12.0. The first-order valence-corrected chi connectivity index (χ1v) is 17.2. The van der Waals surface area contributed by atoms with Crippen LogP contribution in [-0.2, 0) is 0 Å². The first-order valence-electron chi connectivity index (χ1n) is 14.7. The standard InChI is InChI=1S/C29H48N4S2/c1-19-9-23-13-24-18-29(14-19,25(23)24)33-27(35-3)31-8-6-4-5-7-30-26(34-2)32-28-15-20-10-21(16-28)12-22(11-20)17-28/h19-25H,4-18H2,1-3H3,(H,30,32)(H,31,33). The van der Waals surface area contributed by atoms with Crippen molar-refractivity contribution in [3.8, 4) is 0 Å². The molecule has 6 heteroatoms. The van der Waals surface area contributed by atoms with Gasteiger partial charge < -0.3 is 10.6 Å². The van der Waals surface area contributed by atoms with Gasteiger partial charge in [-0.3, -0.25) is 9.98 Å². The Balaban J connectivity index is 0.922. The third-order valence-electron chi connectivity index (χ3n) is 10.8. The van der Waals surface area contributed by atoms with Crippen LogP contribution in [0.2, 0.25) is 0 Å². The van der Waals surface area contributed by atoms with E-state index in [-0.39, 0.29) is 5.54 Å². The number of nitrogens with one attached hydrogen (secondary N) is 2. The topological polar surface area (TPSA) is 48.8 Å². The van der Waals surface area contributed by atoms with Crippen molar-refractivity contribution in [2.24, 2.45) is 51.4 Å². The average Bonchev–Trinajstić information content (AvgIpc) is 2.78. The zero-order chi connectivity index (χ0) is 24.0. The maximum atomic E-state index is 5.38. The molecular formula is C29H48N4S2. The summed E-state index contributed by atoms with van der Waals surface area (Å²) in [5.41, 5.74) is 0.673. The van der Waals surface area contributed by atoms with Crippen LogP contribution in [0, 0.1) is 41.4 Å². The lowest BCUT2D eigenvalue weighted by Crippen LogP contribution is -2.73. The molecule has 7 saturated carbocycles. The molecule has 0 heterocycles. The molecule has 4 bridgehead atoms. The monoisotopic (exact) mass is 516 g/mol. The van der Waals surface area contributed by atoms with E-state index < -0.39 is 0 Å². The fourth-order valence-electron chi connectivity index (χ4n) is 10.0. The normalized spacial score (nSPS) is 45.5. The Bertz CT molecular complexity index is 805. The first-order chi connectivity index (χ1) is 17.0. The van der Waals surface area contributed by atoms with Crippen LogP contribution in [-0.4, -0.2) is 47.0 Å². The molecular weight excluding hydrogens is 468 g/mol. The SMILES string of the molecule is CSC(=NC12CC3CC(CC(C3)C1)C2)NCCCCCN=C(NC12CC(C)CC3CC(C1)C32)SC. The van der Waals surface area contributed by atoms with Gasteiger partial charge in [-0.05, 0) is 137 Å². The first kappa shape index (κ1) is 24.9. The number of aliphatic imine (C=N–C) groups is 2. The van der Waals surface area contributed by atoms with Gasteiger partial charge in [0.1, 0.15) is 0 Å². The highest BCUT2D eigenvalue weighted by Crippen LogP contribution is 2.66. The van der Waals surface area contributed by atoms with Crippen LogP contribution in [0.4, 0.5) is 0 Å². The van der Waals surface area contributed by atoms with E-state index in [1.807, 2.05) is 23.5 Å². The molecule has 0 aromatic rings. The van der Waals surface area contributed by atoms with Gasteiger partial charge in [0.05, 0.1) is 5.54 Å². The van der Waals surface area contributed by atoms with Gasteiger partial charge >= 0.3 is 0 Å². The summed E-state index contributed by atoms with van der Waals surface area (Å²) in [6, 6.07) is 0. The molecule has 7 aliphatic carbocycles. The summed E-state index contributed by atoms with van der Waals surface area (Å²) in [6.07, 6.45) is 22.3. The van der Waals surface area contributed by atoms with Gasteiger partial charge in [0, 0.05) is 18.6 Å². The lowest BCUT2D eigenvalue weighted by molar-refractivity contribution is -0.161. The minimum absolute atomic E-state index is 0.283. The van der Waals surface area contributed by atoms with E-state index in [2.05, 4.69) is 30.1 Å². The second-order valence-corrected chi connectivity index (χ2v) is 15.0. The molecule has 5 unspecified atom stereocenters. The largest absolute Gasteiger partial charge is 0.365 e. The maximum Gasteiger partial charge on any atom is 0.156 e. The summed E-state index contributed by atoms with van der Waals surface area (Å²) in [7, 11) is 0. The van der Waals surface area contributed by atoms with E-state index >= 15 is 0 Å². The van der Waals surface area contributed by atoms with Gasteiger partial charge in [0.15, 0.2) is 10.3 Å². The summed E-state index contributed by atoms with van der Waals surface area (Å²) in [5.74, 6) is 6.75. The van der Waals surface area contributed by atoms with E-state index in [9.17, 15) is 0 Å². The highest BCUT2D eigenvalue weighted by atomic mass is 32.2. The number of amidine groups is 2. The third kappa shape index (κ3) is 4.93. The fraction of sp³-hybridized carbons (Fsp3) is 0.931. The summed E-state index contributed by atoms with van der Waals surface area (Å²) in [4.78, 5) is 10.4. The number of hydrogen-bond donors (Lipinski definition) is 2. The van der Waals surface area contributed by atoms with E-state index in [4.69, 9.17) is 9.98 Å². The molecule has 0 aliphatic heterocycles. The minimum Gasteiger partial charge on any atom is -0.365 e. The molecule has 7 aliphatic rings. The van der Waals surface area contributed by atoms with Crippen LogP contribution in [0.1, 0.15) is 90.4 Å². The predicted octanol–water partition coefficient (Wildman–Crippen LogP) is 6.57. The maximum absolute atomic E-state index is 5.38. The highest BCUT2D eigenvalue weighted by molar-refractivity contribution is 8.13. The lowest BCUT2D eigenvalue weighted by atomic mass is 9.39. The number of nitrogens with zero attached hydrogens (tertiary/aromatic N) is 2. The Morgan fingerprint density at radius 2 is 1.51 bits per heavy atom. The number of hydrogen-bond acceptors (Lipinski definition) is 4. The van der Waals surface area contributed by atoms with Crippen molar-refractivity contribution >= 4 is 33.9 Å². The highest BCUT2D eigenvalue weighted by Gasteiger charge is 2.65. The van der Waals surface area contributed by atoms with Gasteiger partial charge in [-0.1, -0.05) is 30.4 Å². The van der Waals surface area contributed by atoms with Crippen LogP contribution in [0.15, 0.2) is 9.98 Å². The predicted molar refractivity (Wildman–Crippen MR) is 153 cm³/mol. The van der Waals surface area contributed by atoms with Crippen molar-refractivity contribution < 1.29 is 0 Å². The number of unbranched alkanes of at least 4 members (excludes halogenated alkanes) is 2. The average molecular weight is 517 g/mol. The minimum atomic E-state index is 0.283. The van der Waals surface area contributed by atoms with Crippen LogP contribution in [0.25, 0.3) is 0 Å². The Hall–Kier alpha value is -0.360. The molecule has 4 nitrogen and oxygen atoms in total.